The van der Waals surface area contributed by atoms with Crippen LogP contribution >= 0.6 is 0 Å². The summed E-state index contributed by atoms with van der Waals surface area (Å²) in [6.07, 6.45) is -19.4. The highest BCUT2D eigenvalue weighted by molar-refractivity contribution is 5.98. The van der Waals surface area contributed by atoms with E-state index in [0.29, 0.717) is 45.1 Å². The molecule has 0 spiro atoms. The normalized spacial score (nSPS) is 16.3. The first kappa shape index (κ1) is 58.2. The number of hydrogen-bond acceptors (Lipinski definition) is 8. The molecule has 8 bridgehead atoms. The summed E-state index contributed by atoms with van der Waals surface area (Å²) in [5.74, 6) is 0.851. The van der Waals surface area contributed by atoms with E-state index in [2.05, 4.69) is 9.97 Å². The third kappa shape index (κ3) is 10.2. The number of rotatable bonds is 10. The van der Waals surface area contributed by atoms with E-state index in [9.17, 15) is 10.2 Å². The number of nitrogens with zero attached hydrogens (tertiary/aromatic N) is 2. The molecule has 0 saturated carbocycles. The lowest BCUT2D eigenvalue weighted by atomic mass is 9.68. The number of H-pyrrole nitrogens is 2. The molecule has 0 aliphatic carbocycles. The van der Waals surface area contributed by atoms with Crippen LogP contribution in [0.4, 0.5) is 52.7 Å². The maximum Gasteiger partial charge on any atom is 0.416 e. The average Bonchev–Trinajstić information content (AvgIpc) is 1.52. The van der Waals surface area contributed by atoms with E-state index in [0.717, 1.165) is 0 Å². The molecule has 9 aromatic rings. The van der Waals surface area contributed by atoms with E-state index >= 15 is 52.7 Å². The van der Waals surface area contributed by atoms with Gasteiger partial charge in [0.15, 0.2) is 11.2 Å². The Morgan fingerprint density at radius 3 is 0.884 bits per heavy atom. The lowest BCUT2D eigenvalue weighted by Gasteiger charge is -2.41. The van der Waals surface area contributed by atoms with Crippen molar-refractivity contribution < 1.29 is 81.8 Å². The molecular formula is C64H44F12N4O6. The number of hydrogen-bond donors (Lipinski definition) is 4. The van der Waals surface area contributed by atoms with Crippen molar-refractivity contribution in [2.24, 2.45) is 0 Å². The summed E-state index contributed by atoms with van der Waals surface area (Å²) in [5.41, 5.74) is -20.9. The number of alkyl halides is 12. The van der Waals surface area contributed by atoms with Gasteiger partial charge in [-0.15, -0.1) is 0 Å². The second-order valence-electron chi connectivity index (χ2n) is 20.0. The van der Waals surface area contributed by atoms with E-state index in [4.69, 9.17) is 28.9 Å². The molecular weight excluding hydrogens is 1150 g/mol. The van der Waals surface area contributed by atoms with Crippen LogP contribution in [0.15, 0.2) is 158 Å². The van der Waals surface area contributed by atoms with Gasteiger partial charge in [-0.1, -0.05) is 48.5 Å². The van der Waals surface area contributed by atoms with Crippen molar-refractivity contribution in [1.82, 2.24) is 19.9 Å². The maximum absolute atomic E-state index is 15.3. The van der Waals surface area contributed by atoms with Gasteiger partial charge in [-0.25, -0.2) is 9.97 Å². The molecule has 4 N–H and O–H groups in total. The fourth-order valence-corrected chi connectivity index (χ4v) is 11.0. The van der Waals surface area contributed by atoms with E-state index in [1.165, 1.54) is 101 Å². The van der Waals surface area contributed by atoms with Gasteiger partial charge in [0, 0.05) is 44.3 Å². The van der Waals surface area contributed by atoms with Gasteiger partial charge in [0.05, 0.1) is 73.5 Å². The summed E-state index contributed by atoms with van der Waals surface area (Å²) in [7, 11) is 5.37. The predicted octanol–water partition coefficient (Wildman–Crippen LogP) is 16.4. The Morgan fingerprint density at radius 1 is 0.349 bits per heavy atom. The fourth-order valence-electron chi connectivity index (χ4n) is 11.0. The molecule has 22 heteroatoms. The molecule has 2 aliphatic heterocycles. The van der Waals surface area contributed by atoms with Gasteiger partial charge in [-0.3, -0.25) is 0 Å². The molecule has 86 heavy (non-hydrogen) atoms. The number of benzene rings is 6. The number of fused-ring (bicyclic) bond motifs is 8. The average molecular weight is 1190 g/mol. The van der Waals surface area contributed by atoms with Gasteiger partial charge in [0.1, 0.15) is 23.0 Å². The zero-order chi connectivity index (χ0) is 61.5. The first-order valence-corrected chi connectivity index (χ1v) is 25.8. The number of halogens is 12. The van der Waals surface area contributed by atoms with Crippen molar-refractivity contribution in [2.75, 3.05) is 28.4 Å². The maximum atomic E-state index is 15.3. The van der Waals surface area contributed by atoms with Crippen LogP contribution in [0.3, 0.4) is 0 Å². The van der Waals surface area contributed by atoms with Crippen LogP contribution in [-0.2, 0) is 35.9 Å². The van der Waals surface area contributed by atoms with Gasteiger partial charge in [-0.2, -0.15) is 52.7 Å². The Kier molecular flexibility index (Phi) is 14.4. The highest BCUT2D eigenvalue weighted by Gasteiger charge is 2.63. The first-order valence-electron chi connectivity index (χ1n) is 25.8. The Hall–Kier alpha value is -9.54. The monoisotopic (exact) mass is 1190 g/mol. The van der Waals surface area contributed by atoms with Gasteiger partial charge < -0.3 is 39.1 Å². The second-order valence-corrected chi connectivity index (χ2v) is 20.0. The Bertz CT molecular complexity index is 4040. The zero-order valence-electron chi connectivity index (χ0n) is 45.1. The molecule has 11 rings (SSSR count). The molecule has 10 nitrogen and oxygen atoms in total. The van der Waals surface area contributed by atoms with E-state index in [-0.39, 0.29) is 81.1 Å². The Labute approximate surface area is 480 Å². The van der Waals surface area contributed by atoms with Gasteiger partial charge in [0.2, 0.25) is 0 Å². The largest absolute Gasteiger partial charge is 0.497 e. The van der Waals surface area contributed by atoms with Crippen molar-refractivity contribution >= 4 is 34.2 Å². The minimum absolute atomic E-state index is 0.0171. The van der Waals surface area contributed by atoms with Crippen molar-refractivity contribution in [2.45, 2.75) is 35.9 Å². The van der Waals surface area contributed by atoms with Crippen molar-refractivity contribution in [3.8, 4) is 67.5 Å². The SMILES string of the molecule is COc1cccc(-c2c3nc(c(-c4cccc(OC)c4)c4ccc([nH]4)c(-c4cccc(OC)c4)c4nc(c(-c5cccc(OC)c5)c5ccc2[nH]5)C(O)(c2cc(C(F)(F)F)cc(C(F)(F)F)c2)C4(O)c2cc(C(F)(F)F)cc(C(F)(F)F)c2)C=C3)c1. The number of aromatic amines is 2. The molecule has 0 fully saturated rings. The topological polar surface area (TPSA) is 135 Å². The van der Waals surface area contributed by atoms with Crippen molar-refractivity contribution in [1.29, 1.82) is 0 Å². The lowest BCUT2D eigenvalue weighted by Crippen LogP contribution is -2.49. The number of aromatic nitrogens is 4. The molecule has 5 heterocycles. The smallest absolute Gasteiger partial charge is 0.416 e. The van der Waals surface area contributed by atoms with Crippen molar-refractivity contribution in [3.63, 3.8) is 0 Å². The fraction of sp³-hybridized carbons (Fsp3) is 0.156. The molecule has 3 aromatic heterocycles. The van der Waals surface area contributed by atoms with Crippen LogP contribution in [-0.4, -0.2) is 58.6 Å². The van der Waals surface area contributed by atoms with Crippen LogP contribution in [0.5, 0.6) is 23.0 Å². The van der Waals surface area contributed by atoms with Crippen LogP contribution in [0.1, 0.15) is 56.2 Å². The molecule has 440 valence electrons. The van der Waals surface area contributed by atoms with Gasteiger partial charge in [-0.05, 0) is 155 Å². The number of aliphatic hydroxyl groups is 2. The Morgan fingerprint density at radius 2 is 0.616 bits per heavy atom. The van der Waals surface area contributed by atoms with E-state index in [1.54, 1.807) is 60.7 Å². The third-order valence-electron chi connectivity index (χ3n) is 15.0. The van der Waals surface area contributed by atoms with Crippen LogP contribution in [0.2, 0.25) is 0 Å². The van der Waals surface area contributed by atoms with E-state index < -0.39 is 91.8 Å². The van der Waals surface area contributed by atoms with Gasteiger partial charge >= 0.3 is 24.7 Å². The molecule has 0 radical (unpaired) electrons. The summed E-state index contributed by atoms with van der Waals surface area (Å²) in [6, 6.07) is 29.7. The van der Waals surface area contributed by atoms with Crippen LogP contribution in [0, 0.1) is 0 Å². The summed E-state index contributed by atoms with van der Waals surface area (Å²) in [4.78, 5) is 16.6. The second kappa shape index (κ2) is 21.2. The quantitative estimate of drug-likeness (QED) is 0.0995. The summed E-state index contributed by atoms with van der Waals surface area (Å²) in [6.45, 7) is 0. The summed E-state index contributed by atoms with van der Waals surface area (Å²) < 4.78 is 207. The lowest BCUT2D eigenvalue weighted by molar-refractivity contribution is -0.147. The third-order valence-corrected chi connectivity index (χ3v) is 15.0. The van der Waals surface area contributed by atoms with Crippen molar-refractivity contribution in [3.05, 3.63) is 214 Å². The number of ether oxygens (including phenoxy) is 4. The first-order chi connectivity index (χ1) is 40.7. The molecule has 0 saturated heterocycles. The van der Waals surface area contributed by atoms with E-state index in [1.807, 2.05) is 0 Å². The highest BCUT2D eigenvalue weighted by atomic mass is 19.4. The minimum Gasteiger partial charge on any atom is -0.497 e. The molecule has 2 aliphatic rings. The molecule has 2 atom stereocenters. The molecule has 2 unspecified atom stereocenters. The minimum atomic E-state index is -5.71. The highest BCUT2D eigenvalue weighted by Crippen LogP contribution is 2.59. The standard InChI is InChI=1S/C64H44F12N4O6/c1-83-43-13-5-9-33(23-43)53-47-17-18-48(77-47)54(34-10-6-14-44(24-34)84-2)50-20-22-52(79-50)56(36-12-8-16-46(26-36)86-4)58-60(82,38-29-41(63(71,72)73)32-42(30-38)64(74,75)76)59(81,37-27-39(61(65,66)67)31-40(28-37)62(68,69)70)57(80-58)55(51-21-19-49(53)78-51)35-11-7-15-45(25-35)85-3/h5-32,78-79,81-82H,1-4H3. The van der Waals surface area contributed by atoms with Crippen LogP contribution < -0.4 is 18.9 Å². The van der Waals surface area contributed by atoms with Gasteiger partial charge in [0.25, 0.3) is 0 Å². The molecule has 6 aromatic carbocycles. The summed E-state index contributed by atoms with van der Waals surface area (Å²) in [5, 5.41) is 29.0. The number of nitrogens with one attached hydrogen (secondary N) is 2. The summed E-state index contributed by atoms with van der Waals surface area (Å²) >= 11 is 0. The number of methoxy groups -OCH3 is 4. The zero-order valence-corrected chi connectivity index (χ0v) is 45.1. The predicted molar refractivity (Wildman–Crippen MR) is 297 cm³/mol. The Balaban J connectivity index is 1.49. The molecule has 0 amide bonds. The van der Waals surface area contributed by atoms with Crippen LogP contribution in [0.25, 0.3) is 78.7 Å².